The molecule has 0 saturated carbocycles. The zero-order valence-electron chi connectivity index (χ0n) is 14.8. The molecule has 1 heterocycles. The lowest BCUT2D eigenvalue weighted by molar-refractivity contribution is 0.0939. The van der Waals surface area contributed by atoms with Gasteiger partial charge in [-0.1, -0.05) is 25.5 Å². The molecule has 0 spiro atoms. The summed E-state index contributed by atoms with van der Waals surface area (Å²) in [4.78, 5) is 19.5. The van der Waals surface area contributed by atoms with Crippen LogP contribution in [-0.2, 0) is 0 Å². The van der Waals surface area contributed by atoms with E-state index in [1.807, 2.05) is 38.1 Å². The first kappa shape index (κ1) is 17.4. The fourth-order valence-corrected chi connectivity index (χ4v) is 2.97. The lowest BCUT2D eigenvalue weighted by atomic mass is 10.0. The minimum atomic E-state index is -0.0230. The molecule has 23 heavy (non-hydrogen) atoms. The van der Waals surface area contributed by atoms with Gasteiger partial charge in [-0.3, -0.25) is 14.7 Å². The third-order valence-electron chi connectivity index (χ3n) is 4.33. The molecule has 0 bridgehead atoms. The number of carbonyl (C=O) groups is 1. The fourth-order valence-electron chi connectivity index (χ4n) is 2.97. The summed E-state index contributed by atoms with van der Waals surface area (Å²) in [5, 5.41) is 4.00. The Bertz CT molecular complexity index is 692. The van der Waals surface area contributed by atoms with Crippen LogP contribution < -0.4 is 5.32 Å². The van der Waals surface area contributed by atoms with Crippen LogP contribution in [-0.4, -0.2) is 41.5 Å². The Morgan fingerprint density at radius 1 is 1.22 bits per heavy atom. The summed E-state index contributed by atoms with van der Waals surface area (Å²) >= 11 is 0. The number of aromatic nitrogens is 1. The predicted octanol–water partition coefficient (Wildman–Crippen LogP) is 3.31. The summed E-state index contributed by atoms with van der Waals surface area (Å²) in [6, 6.07) is 8.24. The number of nitrogens with one attached hydrogen (secondary N) is 1. The number of carbonyl (C=O) groups excluding carboxylic acids is 1. The summed E-state index contributed by atoms with van der Waals surface area (Å²) in [7, 11) is 0. The van der Waals surface area contributed by atoms with Crippen molar-refractivity contribution in [1.29, 1.82) is 0 Å². The maximum absolute atomic E-state index is 12.7. The van der Waals surface area contributed by atoms with Gasteiger partial charge in [0.2, 0.25) is 0 Å². The first-order chi connectivity index (χ1) is 11.0. The molecular weight excluding hydrogens is 286 g/mol. The van der Waals surface area contributed by atoms with E-state index in [2.05, 4.69) is 36.0 Å². The maximum atomic E-state index is 12.7. The van der Waals surface area contributed by atoms with Crippen molar-refractivity contribution in [2.24, 2.45) is 0 Å². The number of hydrogen-bond acceptors (Lipinski definition) is 3. The van der Waals surface area contributed by atoms with E-state index < -0.39 is 0 Å². The second-order valence-corrected chi connectivity index (χ2v) is 6.11. The molecular formula is C19H27N3O. The number of amides is 1. The van der Waals surface area contributed by atoms with E-state index in [9.17, 15) is 4.79 Å². The number of nitrogens with zero attached hydrogens (tertiary/aromatic N) is 2. The van der Waals surface area contributed by atoms with Crippen molar-refractivity contribution >= 4 is 16.8 Å². The highest BCUT2D eigenvalue weighted by molar-refractivity contribution is 6.06. The minimum absolute atomic E-state index is 0.0230. The van der Waals surface area contributed by atoms with Crippen LogP contribution in [0, 0.1) is 13.8 Å². The van der Waals surface area contributed by atoms with Crippen LogP contribution in [0.5, 0.6) is 0 Å². The van der Waals surface area contributed by atoms with E-state index in [1.165, 1.54) is 0 Å². The number of likely N-dealkylation sites (N-methyl/N-ethyl adjacent to an activating group) is 1. The van der Waals surface area contributed by atoms with Gasteiger partial charge < -0.3 is 5.32 Å². The molecule has 0 aliphatic carbocycles. The summed E-state index contributed by atoms with van der Waals surface area (Å²) < 4.78 is 0. The molecule has 2 aromatic rings. The molecule has 0 aliphatic rings. The van der Waals surface area contributed by atoms with E-state index in [0.29, 0.717) is 18.2 Å². The fraction of sp³-hybridized carbons (Fsp3) is 0.474. The van der Waals surface area contributed by atoms with Crippen LogP contribution in [0.3, 0.4) is 0 Å². The van der Waals surface area contributed by atoms with Gasteiger partial charge in [-0.25, -0.2) is 0 Å². The van der Waals surface area contributed by atoms with E-state index in [1.54, 1.807) is 0 Å². The van der Waals surface area contributed by atoms with Crippen molar-refractivity contribution in [3.05, 3.63) is 41.1 Å². The van der Waals surface area contributed by atoms with E-state index in [-0.39, 0.29) is 5.91 Å². The highest BCUT2D eigenvalue weighted by Crippen LogP contribution is 2.20. The van der Waals surface area contributed by atoms with Crippen molar-refractivity contribution in [2.45, 2.75) is 40.7 Å². The molecule has 4 heteroatoms. The summed E-state index contributed by atoms with van der Waals surface area (Å²) in [6.07, 6.45) is 0. The molecule has 0 aliphatic heterocycles. The topological polar surface area (TPSA) is 45.2 Å². The second-order valence-electron chi connectivity index (χ2n) is 6.11. The first-order valence-electron chi connectivity index (χ1n) is 8.36. The Morgan fingerprint density at radius 3 is 2.57 bits per heavy atom. The second kappa shape index (κ2) is 7.55. The first-order valence-corrected chi connectivity index (χ1v) is 8.36. The number of benzene rings is 1. The Morgan fingerprint density at radius 2 is 1.91 bits per heavy atom. The smallest absolute Gasteiger partial charge is 0.252 e. The largest absolute Gasteiger partial charge is 0.350 e. The highest BCUT2D eigenvalue weighted by atomic mass is 16.1. The molecule has 1 N–H and O–H groups in total. The third kappa shape index (κ3) is 4.08. The zero-order chi connectivity index (χ0) is 17.0. The average Bonchev–Trinajstić information content (AvgIpc) is 2.53. The lowest BCUT2D eigenvalue weighted by Gasteiger charge is -2.26. The van der Waals surface area contributed by atoms with Crippen molar-refractivity contribution in [1.82, 2.24) is 15.2 Å². The molecule has 4 nitrogen and oxygen atoms in total. The van der Waals surface area contributed by atoms with Crippen molar-refractivity contribution in [3.63, 3.8) is 0 Å². The van der Waals surface area contributed by atoms with Crippen LogP contribution in [0.4, 0.5) is 0 Å². The Kier molecular flexibility index (Phi) is 5.72. The van der Waals surface area contributed by atoms with Crippen LogP contribution in [0.2, 0.25) is 0 Å². The Balaban J connectivity index is 2.22. The molecule has 0 radical (unpaired) electrons. The van der Waals surface area contributed by atoms with Gasteiger partial charge in [0.1, 0.15) is 0 Å². The normalized spacial score (nSPS) is 12.6. The van der Waals surface area contributed by atoms with E-state index in [4.69, 9.17) is 0 Å². The number of rotatable bonds is 6. The molecule has 1 amide bonds. The van der Waals surface area contributed by atoms with E-state index in [0.717, 1.165) is 35.2 Å². The minimum Gasteiger partial charge on any atom is -0.350 e. The molecule has 1 unspecified atom stereocenters. The quantitative estimate of drug-likeness (QED) is 0.890. The number of aryl methyl sites for hydroxylation is 2. The van der Waals surface area contributed by atoms with Crippen molar-refractivity contribution in [2.75, 3.05) is 19.6 Å². The summed E-state index contributed by atoms with van der Waals surface area (Å²) in [6.45, 7) is 13.0. The van der Waals surface area contributed by atoms with Crippen LogP contribution in [0.25, 0.3) is 10.9 Å². The number of hydrogen-bond donors (Lipinski definition) is 1. The molecule has 1 aromatic carbocycles. The zero-order valence-corrected chi connectivity index (χ0v) is 14.8. The molecule has 1 aromatic heterocycles. The molecule has 1 atom stereocenters. The van der Waals surface area contributed by atoms with Gasteiger partial charge in [0.05, 0.1) is 11.1 Å². The number of pyridine rings is 1. The SMILES string of the molecule is CCN(CC)C(C)CNC(=O)c1cc(C)nc2ccc(C)cc12. The number of fused-ring (bicyclic) bond motifs is 1. The van der Waals surface area contributed by atoms with Gasteiger partial charge in [0.15, 0.2) is 0 Å². The van der Waals surface area contributed by atoms with Crippen LogP contribution in [0.1, 0.15) is 42.4 Å². The van der Waals surface area contributed by atoms with E-state index >= 15 is 0 Å². The Hall–Kier alpha value is -1.94. The van der Waals surface area contributed by atoms with Gasteiger partial charge >= 0.3 is 0 Å². The van der Waals surface area contributed by atoms with Crippen LogP contribution >= 0.6 is 0 Å². The highest BCUT2D eigenvalue weighted by Gasteiger charge is 2.15. The summed E-state index contributed by atoms with van der Waals surface area (Å²) in [5.41, 5.74) is 3.58. The lowest BCUT2D eigenvalue weighted by Crippen LogP contribution is -2.42. The maximum Gasteiger partial charge on any atom is 0.252 e. The predicted molar refractivity (Wildman–Crippen MR) is 95.9 cm³/mol. The molecule has 2 rings (SSSR count). The average molecular weight is 313 g/mol. The molecule has 0 fully saturated rings. The summed E-state index contributed by atoms with van der Waals surface area (Å²) in [5.74, 6) is -0.0230. The van der Waals surface area contributed by atoms with Crippen molar-refractivity contribution < 1.29 is 4.79 Å². The van der Waals surface area contributed by atoms with Gasteiger partial charge in [0, 0.05) is 23.7 Å². The molecule has 0 saturated heterocycles. The monoisotopic (exact) mass is 313 g/mol. The van der Waals surface area contributed by atoms with Gasteiger partial charge in [-0.2, -0.15) is 0 Å². The van der Waals surface area contributed by atoms with Gasteiger partial charge in [0.25, 0.3) is 5.91 Å². The van der Waals surface area contributed by atoms with Crippen molar-refractivity contribution in [3.8, 4) is 0 Å². The Labute approximate surface area is 138 Å². The van der Waals surface area contributed by atoms with Gasteiger partial charge in [-0.05, 0) is 52.1 Å². The van der Waals surface area contributed by atoms with Crippen LogP contribution in [0.15, 0.2) is 24.3 Å². The van der Waals surface area contributed by atoms with Gasteiger partial charge in [-0.15, -0.1) is 0 Å². The third-order valence-corrected chi connectivity index (χ3v) is 4.33. The standard InChI is InChI=1S/C19H27N3O/c1-6-22(7-2)15(5)12-20-19(23)17-11-14(4)21-18-9-8-13(3)10-16(17)18/h8-11,15H,6-7,12H2,1-5H3,(H,20,23). The molecule has 124 valence electrons.